The fourth-order valence-corrected chi connectivity index (χ4v) is 4.50. The minimum absolute atomic E-state index is 0. The van der Waals surface area contributed by atoms with Crippen molar-refractivity contribution in [2.45, 2.75) is 29.5 Å². The van der Waals surface area contributed by atoms with E-state index in [9.17, 15) is 23.1 Å². The van der Waals surface area contributed by atoms with Crippen molar-refractivity contribution in [3.8, 4) is 0 Å². The first-order valence-corrected chi connectivity index (χ1v) is 6.26. The van der Waals surface area contributed by atoms with E-state index in [-0.39, 0.29) is 36.0 Å². The van der Waals surface area contributed by atoms with Gasteiger partial charge < -0.3 is 20.0 Å². The SMILES string of the molecule is C[C@]1(/C=N\O)[C@H](C(=O)[O-])N2C(=O)C[C@H]2S1(=O)=O.[Na+]. The third-order valence-electron chi connectivity index (χ3n) is 3.28. The predicted molar refractivity (Wildman–Crippen MR) is 51.6 cm³/mol. The monoisotopic (exact) mass is 284 g/mol. The Balaban J connectivity index is 0.00000162. The van der Waals surface area contributed by atoms with Crippen LogP contribution in [0.3, 0.4) is 0 Å². The molecule has 0 aromatic rings. The molecular formula is C8H9N2NaO6S. The van der Waals surface area contributed by atoms with Crippen molar-refractivity contribution in [2.75, 3.05) is 0 Å². The number of carbonyl (C=O) groups is 2. The Morgan fingerprint density at radius 2 is 2.22 bits per heavy atom. The predicted octanol–water partition coefficient (Wildman–Crippen LogP) is -5.69. The van der Waals surface area contributed by atoms with Crippen LogP contribution in [-0.2, 0) is 19.4 Å². The van der Waals surface area contributed by atoms with Crippen LogP contribution in [0.4, 0.5) is 0 Å². The molecule has 2 rings (SSSR count). The second-order valence-corrected chi connectivity index (χ2v) is 6.67. The number of β-lactam (4-membered cyclic amide) rings is 1. The van der Waals surface area contributed by atoms with Gasteiger partial charge in [0.2, 0.25) is 5.91 Å². The molecule has 0 unspecified atom stereocenters. The van der Waals surface area contributed by atoms with E-state index in [1.54, 1.807) is 0 Å². The molecule has 94 valence electrons. The molecule has 0 spiro atoms. The second-order valence-electron chi connectivity index (χ2n) is 4.15. The van der Waals surface area contributed by atoms with Crippen LogP contribution in [-0.4, -0.2) is 52.8 Å². The van der Waals surface area contributed by atoms with Crippen LogP contribution in [0.1, 0.15) is 13.3 Å². The van der Waals surface area contributed by atoms with Crippen LogP contribution in [0.5, 0.6) is 0 Å². The number of rotatable bonds is 2. The van der Waals surface area contributed by atoms with Gasteiger partial charge in [-0.05, 0) is 6.92 Å². The van der Waals surface area contributed by atoms with Crippen molar-refractivity contribution in [1.82, 2.24) is 4.90 Å². The van der Waals surface area contributed by atoms with Gasteiger partial charge in [0.15, 0.2) is 9.84 Å². The molecule has 3 atom stereocenters. The smallest absolute Gasteiger partial charge is 0.548 e. The molecular weight excluding hydrogens is 275 g/mol. The molecule has 8 nitrogen and oxygen atoms in total. The molecule has 0 aromatic heterocycles. The molecule has 0 radical (unpaired) electrons. The average Bonchev–Trinajstić information content (AvgIpc) is 2.33. The number of amides is 1. The summed E-state index contributed by atoms with van der Waals surface area (Å²) in [6.45, 7) is 1.09. The van der Waals surface area contributed by atoms with Crippen molar-refractivity contribution in [3.63, 3.8) is 0 Å². The Bertz CT molecular complexity index is 532. The number of carbonyl (C=O) groups excluding carboxylic acids is 2. The zero-order valence-corrected chi connectivity index (χ0v) is 12.5. The molecule has 0 aromatic carbocycles. The maximum Gasteiger partial charge on any atom is 1.00 e. The van der Waals surface area contributed by atoms with Crippen molar-refractivity contribution < 1.29 is 57.9 Å². The summed E-state index contributed by atoms with van der Waals surface area (Å²) in [5.41, 5.74) is 0. The van der Waals surface area contributed by atoms with Crippen molar-refractivity contribution in [2.24, 2.45) is 5.16 Å². The van der Waals surface area contributed by atoms with E-state index >= 15 is 0 Å². The maximum atomic E-state index is 12.0. The van der Waals surface area contributed by atoms with Crippen LogP contribution in [0.2, 0.25) is 0 Å². The number of oxime groups is 1. The standard InChI is InChI=1S/C8H10N2O6S.Na/c1-8(3-9-14)6(7(12)13)10-4(11)2-5(10)17(8,15)16;/h3,5-6,14H,2H2,1H3,(H,12,13);/q;+1/p-1/b9-3-;/t5-,6+,8+;/m1./s1. The number of aliphatic carboxylic acids is 1. The second kappa shape index (κ2) is 4.48. The van der Waals surface area contributed by atoms with Gasteiger partial charge in [0.1, 0.15) is 10.1 Å². The molecule has 0 aliphatic carbocycles. The summed E-state index contributed by atoms with van der Waals surface area (Å²) < 4.78 is 22.1. The molecule has 0 bridgehead atoms. The normalized spacial score (nSPS) is 36.9. The number of sulfone groups is 1. The van der Waals surface area contributed by atoms with Crippen LogP contribution in [0, 0.1) is 0 Å². The zero-order valence-electron chi connectivity index (χ0n) is 9.73. The summed E-state index contributed by atoms with van der Waals surface area (Å²) in [5, 5.41) is 20.9. The Morgan fingerprint density at radius 1 is 1.67 bits per heavy atom. The number of hydrogen-bond acceptors (Lipinski definition) is 7. The molecule has 2 saturated heterocycles. The Hall–Kier alpha value is -0.640. The molecule has 0 saturated carbocycles. The van der Waals surface area contributed by atoms with E-state index in [0.717, 1.165) is 11.8 Å². The summed E-state index contributed by atoms with van der Waals surface area (Å²) >= 11 is 0. The fraction of sp³-hybridized carbons (Fsp3) is 0.625. The van der Waals surface area contributed by atoms with Gasteiger partial charge in [-0.15, -0.1) is 5.16 Å². The van der Waals surface area contributed by atoms with Gasteiger partial charge in [0, 0.05) is 0 Å². The number of fused-ring (bicyclic) bond motifs is 1. The minimum atomic E-state index is -3.94. The topological polar surface area (TPSA) is 127 Å². The van der Waals surface area contributed by atoms with E-state index in [2.05, 4.69) is 5.16 Å². The van der Waals surface area contributed by atoms with Crippen LogP contribution in [0.25, 0.3) is 0 Å². The zero-order chi connectivity index (χ0) is 13.0. The first-order chi connectivity index (χ1) is 7.77. The van der Waals surface area contributed by atoms with E-state index in [4.69, 9.17) is 5.21 Å². The average molecular weight is 284 g/mol. The van der Waals surface area contributed by atoms with Crippen molar-refractivity contribution in [3.05, 3.63) is 0 Å². The third kappa shape index (κ3) is 1.61. The quantitative estimate of drug-likeness (QED) is 0.177. The summed E-state index contributed by atoms with van der Waals surface area (Å²) in [6, 6.07) is -1.66. The first kappa shape index (κ1) is 15.4. The molecule has 18 heavy (non-hydrogen) atoms. The van der Waals surface area contributed by atoms with E-state index < -0.39 is 37.9 Å². The molecule has 1 amide bonds. The number of hydrogen-bond donors (Lipinski definition) is 1. The van der Waals surface area contributed by atoms with Gasteiger partial charge in [0.05, 0.1) is 24.6 Å². The summed E-state index contributed by atoms with van der Waals surface area (Å²) in [5.74, 6) is -2.26. The Kier molecular flexibility index (Phi) is 3.84. The minimum Gasteiger partial charge on any atom is -0.548 e. The molecule has 2 aliphatic heterocycles. The van der Waals surface area contributed by atoms with Crippen LogP contribution >= 0.6 is 0 Å². The Morgan fingerprint density at radius 3 is 2.61 bits per heavy atom. The number of carboxylic acid groups (broad SMARTS) is 1. The number of carboxylic acids is 1. The van der Waals surface area contributed by atoms with E-state index in [0.29, 0.717) is 6.21 Å². The number of nitrogens with zero attached hydrogens (tertiary/aromatic N) is 2. The van der Waals surface area contributed by atoms with E-state index in [1.807, 2.05) is 0 Å². The third-order valence-corrected chi connectivity index (χ3v) is 5.94. The van der Waals surface area contributed by atoms with Gasteiger partial charge >= 0.3 is 29.6 Å². The van der Waals surface area contributed by atoms with Gasteiger partial charge in [-0.25, -0.2) is 8.42 Å². The van der Waals surface area contributed by atoms with Gasteiger partial charge in [-0.2, -0.15) is 0 Å². The van der Waals surface area contributed by atoms with Gasteiger partial charge in [-0.1, -0.05) is 0 Å². The van der Waals surface area contributed by atoms with Crippen molar-refractivity contribution >= 4 is 27.9 Å². The molecule has 2 heterocycles. The summed E-state index contributed by atoms with van der Waals surface area (Å²) in [4.78, 5) is 23.0. The van der Waals surface area contributed by atoms with E-state index in [1.165, 1.54) is 0 Å². The molecule has 2 aliphatic rings. The van der Waals surface area contributed by atoms with Gasteiger partial charge in [-0.3, -0.25) is 4.79 Å². The van der Waals surface area contributed by atoms with Crippen LogP contribution in [0.15, 0.2) is 5.16 Å². The summed E-state index contributed by atoms with van der Waals surface area (Å²) in [7, 11) is -3.94. The molecule has 10 heteroatoms. The maximum absolute atomic E-state index is 12.0. The fourth-order valence-electron chi connectivity index (χ4n) is 2.30. The van der Waals surface area contributed by atoms with Crippen molar-refractivity contribution in [1.29, 1.82) is 0 Å². The van der Waals surface area contributed by atoms with Gasteiger partial charge in [0.25, 0.3) is 0 Å². The molecule has 2 fully saturated rings. The largest absolute Gasteiger partial charge is 1.00 e. The Labute approximate surface area is 125 Å². The van der Waals surface area contributed by atoms with Crippen LogP contribution < -0.4 is 34.7 Å². The molecule has 1 N–H and O–H groups in total. The first-order valence-electron chi connectivity index (χ1n) is 4.71. The summed E-state index contributed by atoms with van der Waals surface area (Å²) in [6.07, 6.45) is 0.370.